The second-order valence-electron chi connectivity index (χ2n) is 5.56. The van der Waals surface area contributed by atoms with Crippen molar-refractivity contribution in [2.24, 2.45) is 0 Å². The number of hydrogen-bond donors (Lipinski definition) is 0. The molecule has 3 rings (SSSR count). The average molecular weight is 394 g/mol. The third kappa shape index (κ3) is 3.72. The van der Waals surface area contributed by atoms with Crippen LogP contribution in [0.5, 0.6) is 0 Å². The molecular formula is C21H16BrNS. The molecule has 0 heterocycles. The molecule has 0 radical (unpaired) electrons. The first-order valence-corrected chi connectivity index (χ1v) is 9.43. The van der Waals surface area contributed by atoms with Gasteiger partial charge in [-0.05, 0) is 51.7 Å². The summed E-state index contributed by atoms with van der Waals surface area (Å²) in [5.41, 5.74) is 5.26. The van der Waals surface area contributed by atoms with Crippen LogP contribution in [0.15, 0.2) is 76.1 Å². The second-order valence-corrected chi connectivity index (χ2v) is 7.40. The summed E-state index contributed by atoms with van der Waals surface area (Å²) in [5.74, 6) is 0.893. The van der Waals surface area contributed by atoms with Gasteiger partial charge in [-0.25, -0.2) is 0 Å². The third-order valence-electron chi connectivity index (χ3n) is 3.75. The Balaban J connectivity index is 2.04. The lowest BCUT2D eigenvalue weighted by atomic mass is 9.99. The quantitative estimate of drug-likeness (QED) is 0.466. The number of nitriles is 1. The topological polar surface area (TPSA) is 23.8 Å². The van der Waals surface area contributed by atoms with E-state index in [1.165, 1.54) is 16.0 Å². The molecular weight excluding hydrogens is 378 g/mol. The van der Waals surface area contributed by atoms with Crippen LogP contribution in [0.1, 0.15) is 16.7 Å². The maximum absolute atomic E-state index is 9.45. The van der Waals surface area contributed by atoms with Gasteiger partial charge in [-0.1, -0.05) is 54.6 Å². The number of benzene rings is 3. The van der Waals surface area contributed by atoms with E-state index < -0.39 is 0 Å². The number of thioether (sulfide) groups is 1. The molecule has 0 atom stereocenters. The van der Waals surface area contributed by atoms with Crippen molar-refractivity contribution in [1.82, 2.24) is 0 Å². The number of rotatable bonds is 4. The summed E-state index contributed by atoms with van der Waals surface area (Å²) < 4.78 is 1.08. The highest BCUT2D eigenvalue weighted by molar-refractivity contribution is 9.10. The lowest BCUT2D eigenvalue weighted by molar-refractivity contribution is 1.31. The fourth-order valence-electron chi connectivity index (χ4n) is 2.62. The summed E-state index contributed by atoms with van der Waals surface area (Å²) in [6.45, 7) is 2.08. The highest BCUT2D eigenvalue weighted by Crippen LogP contribution is 2.40. The molecule has 0 unspecified atom stereocenters. The molecule has 118 valence electrons. The third-order valence-corrected chi connectivity index (χ3v) is 5.85. The molecule has 3 heteroatoms. The van der Waals surface area contributed by atoms with E-state index in [4.69, 9.17) is 0 Å². The van der Waals surface area contributed by atoms with Crippen molar-refractivity contribution in [3.8, 4) is 17.2 Å². The highest BCUT2D eigenvalue weighted by atomic mass is 79.9. The fourth-order valence-corrected chi connectivity index (χ4v) is 4.56. The minimum absolute atomic E-state index is 0.705. The lowest BCUT2D eigenvalue weighted by Crippen LogP contribution is -1.91. The van der Waals surface area contributed by atoms with Crippen LogP contribution in [0.4, 0.5) is 0 Å². The van der Waals surface area contributed by atoms with Gasteiger partial charge in [0.1, 0.15) is 0 Å². The zero-order chi connectivity index (χ0) is 16.9. The van der Waals surface area contributed by atoms with Crippen LogP contribution in [0.3, 0.4) is 0 Å². The molecule has 0 aromatic heterocycles. The van der Waals surface area contributed by atoms with Gasteiger partial charge in [-0.2, -0.15) is 5.26 Å². The Morgan fingerprint density at radius 2 is 1.67 bits per heavy atom. The highest BCUT2D eigenvalue weighted by Gasteiger charge is 2.14. The van der Waals surface area contributed by atoms with E-state index in [2.05, 4.69) is 65.3 Å². The van der Waals surface area contributed by atoms with Crippen molar-refractivity contribution in [3.05, 3.63) is 87.9 Å². The largest absolute Gasteiger partial charge is 0.192 e. The molecule has 0 spiro atoms. The van der Waals surface area contributed by atoms with Crippen molar-refractivity contribution in [3.63, 3.8) is 0 Å². The van der Waals surface area contributed by atoms with Crippen LogP contribution in [0.25, 0.3) is 11.1 Å². The molecule has 0 amide bonds. The van der Waals surface area contributed by atoms with Gasteiger partial charge < -0.3 is 0 Å². The number of aryl methyl sites for hydroxylation is 1. The normalized spacial score (nSPS) is 10.4. The first-order chi connectivity index (χ1) is 11.7. The predicted molar refractivity (Wildman–Crippen MR) is 105 cm³/mol. The standard InChI is InChI=1S/C21H16BrNS/c1-15-11-19(18-10-6-5-9-17(18)13-23)21(20(22)12-15)24-14-16-7-3-2-4-8-16/h2-12H,14H2,1H3. The van der Waals surface area contributed by atoms with Crippen LogP contribution in [-0.4, -0.2) is 0 Å². The molecule has 0 aliphatic rings. The molecule has 3 aromatic rings. The van der Waals surface area contributed by atoms with Crippen molar-refractivity contribution < 1.29 is 0 Å². The average Bonchev–Trinajstić information content (AvgIpc) is 2.61. The van der Waals surface area contributed by atoms with Crippen LogP contribution in [0.2, 0.25) is 0 Å². The Bertz CT molecular complexity index is 897. The van der Waals surface area contributed by atoms with Gasteiger partial charge >= 0.3 is 0 Å². The molecule has 0 saturated heterocycles. The fraction of sp³-hybridized carbons (Fsp3) is 0.0952. The Morgan fingerprint density at radius 1 is 0.958 bits per heavy atom. The van der Waals surface area contributed by atoms with Crippen LogP contribution < -0.4 is 0 Å². The Labute approximate surface area is 155 Å². The van der Waals surface area contributed by atoms with Crippen molar-refractivity contribution in [2.45, 2.75) is 17.6 Å². The van der Waals surface area contributed by atoms with E-state index in [0.717, 1.165) is 21.4 Å². The van der Waals surface area contributed by atoms with E-state index in [-0.39, 0.29) is 0 Å². The molecule has 0 fully saturated rings. The Kier molecular flexibility index (Phi) is 5.40. The summed E-state index contributed by atoms with van der Waals surface area (Å²) >= 11 is 5.50. The SMILES string of the molecule is Cc1cc(Br)c(SCc2ccccc2)c(-c2ccccc2C#N)c1. The monoisotopic (exact) mass is 393 g/mol. The van der Waals surface area contributed by atoms with Gasteiger partial charge in [-0.15, -0.1) is 11.8 Å². The Morgan fingerprint density at radius 3 is 2.42 bits per heavy atom. The van der Waals surface area contributed by atoms with Gasteiger partial charge in [0.2, 0.25) is 0 Å². The maximum atomic E-state index is 9.45. The van der Waals surface area contributed by atoms with E-state index in [0.29, 0.717) is 5.56 Å². The summed E-state index contributed by atoms with van der Waals surface area (Å²) in [5, 5.41) is 9.45. The van der Waals surface area contributed by atoms with Gasteiger partial charge in [0, 0.05) is 20.7 Å². The zero-order valence-electron chi connectivity index (χ0n) is 13.3. The molecule has 1 nitrogen and oxygen atoms in total. The van der Waals surface area contributed by atoms with Crippen molar-refractivity contribution in [2.75, 3.05) is 0 Å². The number of nitrogens with zero attached hydrogens (tertiary/aromatic N) is 1. The summed E-state index contributed by atoms with van der Waals surface area (Å²) in [6.07, 6.45) is 0. The van der Waals surface area contributed by atoms with Gasteiger partial charge in [0.25, 0.3) is 0 Å². The van der Waals surface area contributed by atoms with E-state index in [1.807, 2.05) is 30.3 Å². The van der Waals surface area contributed by atoms with Crippen LogP contribution in [0, 0.1) is 18.3 Å². The minimum atomic E-state index is 0.705. The first kappa shape index (κ1) is 16.8. The second kappa shape index (κ2) is 7.70. The lowest BCUT2D eigenvalue weighted by Gasteiger charge is -2.14. The van der Waals surface area contributed by atoms with Gasteiger partial charge in [0.05, 0.1) is 11.6 Å². The van der Waals surface area contributed by atoms with E-state index in [9.17, 15) is 5.26 Å². The van der Waals surface area contributed by atoms with Gasteiger partial charge in [-0.3, -0.25) is 0 Å². The van der Waals surface area contributed by atoms with Crippen molar-refractivity contribution >= 4 is 27.7 Å². The zero-order valence-corrected chi connectivity index (χ0v) is 15.7. The molecule has 0 aliphatic carbocycles. The van der Waals surface area contributed by atoms with E-state index in [1.54, 1.807) is 11.8 Å². The van der Waals surface area contributed by atoms with Crippen molar-refractivity contribution in [1.29, 1.82) is 5.26 Å². The number of halogens is 1. The molecule has 24 heavy (non-hydrogen) atoms. The summed E-state index contributed by atoms with van der Waals surface area (Å²) in [7, 11) is 0. The Hall–Kier alpha value is -2.02. The molecule has 0 aliphatic heterocycles. The maximum Gasteiger partial charge on any atom is 0.0998 e. The smallest absolute Gasteiger partial charge is 0.0998 e. The molecule has 0 N–H and O–H groups in total. The summed E-state index contributed by atoms with van der Waals surface area (Å²) in [6, 6.07) is 24.8. The summed E-state index contributed by atoms with van der Waals surface area (Å²) in [4.78, 5) is 1.17. The molecule has 0 saturated carbocycles. The minimum Gasteiger partial charge on any atom is -0.192 e. The van der Waals surface area contributed by atoms with Crippen LogP contribution >= 0.6 is 27.7 Å². The number of hydrogen-bond acceptors (Lipinski definition) is 2. The van der Waals surface area contributed by atoms with E-state index >= 15 is 0 Å². The molecule has 0 bridgehead atoms. The predicted octanol–water partition coefficient (Wildman–Crippen LogP) is 6.59. The molecule has 3 aromatic carbocycles. The van der Waals surface area contributed by atoms with Crippen LogP contribution in [-0.2, 0) is 5.75 Å². The first-order valence-electron chi connectivity index (χ1n) is 7.65. The van der Waals surface area contributed by atoms with Gasteiger partial charge in [0.15, 0.2) is 0 Å².